The molecule has 0 amide bonds. The summed E-state index contributed by atoms with van der Waals surface area (Å²) in [5.74, 6) is 0.707. The number of rotatable bonds is 10. The molecule has 0 bridgehead atoms. The maximum absolute atomic E-state index is 11.5. The molecule has 0 saturated heterocycles. The Kier molecular flexibility index (Phi) is 10.0. The van der Waals surface area contributed by atoms with Gasteiger partial charge in [-0.2, -0.15) is 0 Å². The second-order valence-electron chi connectivity index (χ2n) is 4.50. The van der Waals surface area contributed by atoms with E-state index in [1.54, 1.807) is 0 Å². The maximum Gasteiger partial charge on any atom is 0.211 e. The van der Waals surface area contributed by atoms with Crippen LogP contribution in [-0.2, 0) is 10.0 Å². The first kappa shape index (κ1) is 16.6. The molecule has 98 valence electrons. The Morgan fingerprint density at radius 3 is 2.31 bits per heavy atom. The van der Waals surface area contributed by atoms with E-state index < -0.39 is 10.0 Å². The first-order valence-corrected chi connectivity index (χ1v) is 9.19. The van der Waals surface area contributed by atoms with Crippen molar-refractivity contribution in [2.45, 2.75) is 46.0 Å². The fourth-order valence-electron chi connectivity index (χ4n) is 1.26. The Hall–Kier alpha value is 0.640. The van der Waals surface area contributed by atoms with Crippen molar-refractivity contribution in [2.24, 2.45) is 5.92 Å². The number of halogens is 1. The summed E-state index contributed by atoms with van der Waals surface area (Å²) < 4.78 is 26.9. The molecular weight excluding hydrogens is 337 g/mol. The molecule has 0 spiro atoms. The van der Waals surface area contributed by atoms with Crippen LogP contribution in [0.5, 0.6) is 0 Å². The lowest BCUT2D eigenvalue weighted by atomic mass is 10.2. The van der Waals surface area contributed by atoms with Crippen molar-refractivity contribution in [3.05, 3.63) is 0 Å². The number of sulfonamides is 1. The first-order chi connectivity index (χ1) is 7.48. The molecule has 5 heteroatoms. The van der Waals surface area contributed by atoms with Crippen molar-refractivity contribution >= 4 is 32.6 Å². The number of hydrogen-bond donors (Lipinski definition) is 1. The smallest absolute Gasteiger partial charge is 0.211 e. The lowest BCUT2D eigenvalue weighted by molar-refractivity contribution is 0.556. The zero-order chi connectivity index (χ0) is 12.4. The van der Waals surface area contributed by atoms with Gasteiger partial charge in [-0.15, -0.1) is 0 Å². The van der Waals surface area contributed by atoms with Crippen LogP contribution >= 0.6 is 22.6 Å². The topological polar surface area (TPSA) is 46.2 Å². The predicted octanol–water partition coefficient (Wildman–Crippen LogP) is 2.95. The average molecular weight is 361 g/mol. The molecule has 0 heterocycles. The van der Waals surface area contributed by atoms with Gasteiger partial charge in [0.1, 0.15) is 0 Å². The summed E-state index contributed by atoms with van der Waals surface area (Å²) in [5, 5.41) is 0. The van der Waals surface area contributed by atoms with Gasteiger partial charge in [-0.3, -0.25) is 0 Å². The maximum atomic E-state index is 11.5. The normalized spacial score (nSPS) is 12.2. The second-order valence-corrected chi connectivity index (χ2v) is 7.50. The molecule has 0 radical (unpaired) electrons. The van der Waals surface area contributed by atoms with Crippen molar-refractivity contribution in [3.63, 3.8) is 0 Å². The van der Waals surface area contributed by atoms with E-state index in [2.05, 4.69) is 27.3 Å². The van der Waals surface area contributed by atoms with E-state index >= 15 is 0 Å². The minimum absolute atomic E-state index is 0.262. The molecule has 0 fully saturated rings. The lowest BCUT2D eigenvalue weighted by Crippen LogP contribution is -2.27. The molecule has 0 rings (SSSR count). The molecule has 3 nitrogen and oxygen atoms in total. The highest BCUT2D eigenvalue weighted by atomic mass is 127. The van der Waals surface area contributed by atoms with Crippen LogP contribution in [0.25, 0.3) is 0 Å². The third-order valence-corrected chi connectivity index (χ3v) is 4.53. The largest absolute Gasteiger partial charge is 0.215 e. The summed E-state index contributed by atoms with van der Waals surface area (Å²) in [4.78, 5) is 0. The van der Waals surface area contributed by atoms with Crippen LogP contribution in [0.1, 0.15) is 46.0 Å². The molecule has 16 heavy (non-hydrogen) atoms. The predicted molar refractivity (Wildman–Crippen MR) is 78.6 cm³/mol. The monoisotopic (exact) mass is 361 g/mol. The van der Waals surface area contributed by atoms with E-state index in [9.17, 15) is 8.42 Å². The number of alkyl halides is 1. The Balaban J connectivity index is 3.51. The average Bonchev–Trinajstić information content (AvgIpc) is 2.21. The van der Waals surface area contributed by atoms with Crippen molar-refractivity contribution in [2.75, 3.05) is 16.7 Å². The van der Waals surface area contributed by atoms with Crippen molar-refractivity contribution < 1.29 is 8.42 Å². The molecule has 0 atom stereocenters. The molecule has 0 saturated carbocycles. The Bertz CT molecular complexity index is 253. The van der Waals surface area contributed by atoms with Crippen LogP contribution in [0.4, 0.5) is 0 Å². The lowest BCUT2D eigenvalue weighted by Gasteiger charge is -2.08. The summed E-state index contributed by atoms with van der Waals surface area (Å²) >= 11 is 2.37. The summed E-state index contributed by atoms with van der Waals surface area (Å²) in [7, 11) is -3.02. The highest BCUT2D eigenvalue weighted by molar-refractivity contribution is 14.1. The van der Waals surface area contributed by atoms with Crippen LogP contribution in [0.15, 0.2) is 0 Å². The Morgan fingerprint density at radius 1 is 1.12 bits per heavy atom. The highest BCUT2D eigenvalue weighted by Crippen LogP contribution is 2.03. The fourth-order valence-corrected chi connectivity index (χ4v) is 3.18. The first-order valence-electron chi connectivity index (χ1n) is 6.01. The van der Waals surface area contributed by atoms with E-state index in [1.807, 2.05) is 13.8 Å². The van der Waals surface area contributed by atoms with Gasteiger partial charge in [0.15, 0.2) is 0 Å². The molecule has 0 aliphatic heterocycles. The zero-order valence-electron chi connectivity index (χ0n) is 10.3. The van der Waals surface area contributed by atoms with Crippen LogP contribution in [0.3, 0.4) is 0 Å². The van der Waals surface area contributed by atoms with Gasteiger partial charge in [-0.05, 0) is 29.6 Å². The molecule has 1 N–H and O–H groups in total. The van der Waals surface area contributed by atoms with Crippen LogP contribution in [0.2, 0.25) is 0 Å². The van der Waals surface area contributed by atoms with Crippen LogP contribution in [0, 0.1) is 5.92 Å². The number of nitrogens with one attached hydrogen (secondary N) is 1. The van der Waals surface area contributed by atoms with E-state index in [-0.39, 0.29) is 5.75 Å². The molecule has 0 unspecified atom stereocenters. The summed E-state index contributed by atoms with van der Waals surface area (Å²) in [6.07, 6.45) is 5.26. The number of unbranched alkanes of at least 4 members (excludes halogenated alkanes) is 3. The molecular formula is C11H24INO2S. The van der Waals surface area contributed by atoms with Gasteiger partial charge in [0.05, 0.1) is 5.75 Å². The van der Waals surface area contributed by atoms with Crippen LogP contribution < -0.4 is 4.72 Å². The molecule has 0 aromatic rings. The van der Waals surface area contributed by atoms with E-state index in [1.165, 1.54) is 17.3 Å². The van der Waals surface area contributed by atoms with Gasteiger partial charge in [0.2, 0.25) is 10.0 Å². The molecule has 0 aromatic carbocycles. The van der Waals surface area contributed by atoms with Gasteiger partial charge < -0.3 is 0 Å². The quantitative estimate of drug-likeness (QED) is 0.369. The van der Waals surface area contributed by atoms with Crippen molar-refractivity contribution in [1.29, 1.82) is 0 Å². The van der Waals surface area contributed by atoms with Gasteiger partial charge in [0, 0.05) is 6.54 Å². The standard InChI is InChI=1S/C11H24INO2S/c1-11(2)7-10-16(14,15)13-9-6-4-3-5-8-12/h11,13H,3-10H2,1-2H3. The van der Waals surface area contributed by atoms with Crippen molar-refractivity contribution in [1.82, 2.24) is 4.72 Å². The third-order valence-electron chi connectivity index (χ3n) is 2.35. The summed E-state index contributed by atoms with van der Waals surface area (Å²) in [6, 6.07) is 0. The van der Waals surface area contributed by atoms with Gasteiger partial charge >= 0.3 is 0 Å². The second kappa shape index (κ2) is 9.65. The SMILES string of the molecule is CC(C)CCS(=O)(=O)NCCCCCCI. The fraction of sp³-hybridized carbons (Fsp3) is 1.00. The van der Waals surface area contributed by atoms with Gasteiger partial charge in [-0.1, -0.05) is 49.3 Å². The molecule has 0 aliphatic rings. The van der Waals surface area contributed by atoms with Crippen LogP contribution in [-0.4, -0.2) is 25.1 Å². The minimum atomic E-state index is -3.02. The summed E-state index contributed by atoms with van der Waals surface area (Å²) in [5.41, 5.74) is 0. The Labute approximate surface area is 114 Å². The Morgan fingerprint density at radius 2 is 1.75 bits per heavy atom. The zero-order valence-corrected chi connectivity index (χ0v) is 13.3. The van der Waals surface area contributed by atoms with E-state index in [0.29, 0.717) is 12.5 Å². The third kappa shape index (κ3) is 11.1. The minimum Gasteiger partial charge on any atom is -0.215 e. The molecule has 0 aromatic heterocycles. The molecule has 0 aliphatic carbocycles. The highest BCUT2D eigenvalue weighted by Gasteiger charge is 2.09. The van der Waals surface area contributed by atoms with Gasteiger partial charge in [-0.25, -0.2) is 13.1 Å². The van der Waals surface area contributed by atoms with E-state index in [0.717, 1.165) is 19.3 Å². The van der Waals surface area contributed by atoms with E-state index in [4.69, 9.17) is 0 Å². The van der Waals surface area contributed by atoms with Crippen molar-refractivity contribution in [3.8, 4) is 0 Å². The van der Waals surface area contributed by atoms with Gasteiger partial charge in [0.25, 0.3) is 0 Å². The number of hydrogen-bond acceptors (Lipinski definition) is 2. The summed E-state index contributed by atoms with van der Waals surface area (Å²) in [6.45, 7) is 4.68.